The van der Waals surface area contributed by atoms with E-state index in [4.69, 9.17) is 19.9 Å². The summed E-state index contributed by atoms with van der Waals surface area (Å²) < 4.78 is 20.9. The average molecular weight is 761 g/mol. The highest BCUT2D eigenvalue weighted by molar-refractivity contribution is 9.11. The summed E-state index contributed by atoms with van der Waals surface area (Å²) in [7, 11) is 0. The number of hydrogen-bond acceptors (Lipinski definition) is 6. The zero-order valence-corrected chi connectivity index (χ0v) is 35.8. The monoisotopic (exact) mass is 759 g/mol. The molecule has 3 N–H and O–H groups in total. The summed E-state index contributed by atoms with van der Waals surface area (Å²) in [6.45, 7) is 31.9. The van der Waals surface area contributed by atoms with Crippen LogP contribution in [0, 0.1) is 51.2 Å². The van der Waals surface area contributed by atoms with E-state index >= 15 is 0 Å². The maximum Gasteiger partial charge on any atom is 0.112 e. The van der Waals surface area contributed by atoms with Crippen molar-refractivity contribution in [2.75, 3.05) is 19.8 Å². The molecule has 0 radical (unpaired) electrons. The van der Waals surface area contributed by atoms with E-state index in [0.717, 1.165) is 37.1 Å². The fourth-order valence-corrected chi connectivity index (χ4v) is 11.0. The van der Waals surface area contributed by atoms with Crippen molar-refractivity contribution >= 4 is 22.1 Å². The Labute approximate surface area is 315 Å². The molecule has 0 amide bonds. The third-order valence-corrected chi connectivity index (χ3v) is 16.0. The summed E-state index contributed by atoms with van der Waals surface area (Å²) in [5.74, 6) is 2.72. The topological polar surface area (TPSA) is 78.1 Å². The first-order chi connectivity index (χ1) is 23.3. The summed E-state index contributed by atoms with van der Waals surface area (Å²) >= 11 is 3.36. The van der Waals surface area contributed by atoms with Gasteiger partial charge in [-0.2, -0.15) is 5.10 Å². The number of hydrazone groups is 1. The van der Waals surface area contributed by atoms with Crippen molar-refractivity contribution in [3.63, 3.8) is 0 Å². The van der Waals surface area contributed by atoms with Gasteiger partial charge in [-0.25, -0.2) is 0 Å². The summed E-state index contributed by atoms with van der Waals surface area (Å²) in [5, 5.41) is 3.86. The molecule has 0 aromatic carbocycles. The largest absolute Gasteiger partial charge is 0.495 e. The molecular weight excluding hydrogens is 686 g/mol. The number of nitrogens with zero attached hydrogens (tertiary/aromatic N) is 1. The number of ether oxygens (including phenoxy) is 3. The number of rotatable bonds is 11. The third-order valence-electron chi connectivity index (χ3n) is 15.2. The standard InChI is InChI=1S/C36H61NO3.C7H13BrN2/c1-11-30(39-23-34(10,37)25(4)5)32(8)22-38-21-31(7)27-14-15-35-18-19-40-36(20-35,26(6)24(2)3)17-16-33(35,9)28(27)12-13-29(31)32;1-4-6(3)7(8)10-9-5-2/h14,18-19,24-26,28-30H,11-13,15-17,20-23,37H2,1-10H3;5,10H,4H2,1-3H3/b;7-6+,9-5-/t26-,28?,29?,30?,31?,32+,33?,34+,35-,36-;/m1./s1. The van der Waals surface area contributed by atoms with E-state index in [1.807, 2.05) is 6.92 Å². The molecule has 0 aromatic heterocycles. The molecule has 2 heterocycles. The molecule has 1 spiro atoms. The van der Waals surface area contributed by atoms with Crippen LogP contribution in [0.3, 0.4) is 0 Å². The lowest BCUT2D eigenvalue weighted by atomic mass is 9.38. The summed E-state index contributed by atoms with van der Waals surface area (Å²) in [5.41, 5.74) is 12.6. The van der Waals surface area contributed by atoms with Crippen LogP contribution in [0.25, 0.3) is 0 Å². The van der Waals surface area contributed by atoms with Gasteiger partial charge in [0, 0.05) is 28.0 Å². The van der Waals surface area contributed by atoms with Gasteiger partial charge < -0.3 is 19.9 Å². The van der Waals surface area contributed by atoms with Gasteiger partial charge in [0.15, 0.2) is 0 Å². The lowest BCUT2D eigenvalue weighted by molar-refractivity contribution is -0.208. The molecule has 2 bridgehead atoms. The summed E-state index contributed by atoms with van der Waals surface area (Å²) in [4.78, 5) is 0. The fraction of sp³-hybridized carbons (Fsp3) is 0.837. The molecule has 3 fully saturated rings. The number of hydrogen-bond donors (Lipinski definition) is 2. The van der Waals surface area contributed by atoms with Crippen LogP contribution in [0.4, 0.5) is 0 Å². The second kappa shape index (κ2) is 15.7. The van der Waals surface area contributed by atoms with E-state index in [0.29, 0.717) is 36.2 Å². The Kier molecular flexibility index (Phi) is 13.0. The zero-order chi connectivity index (χ0) is 37.3. The first-order valence-corrected chi connectivity index (χ1v) is 20.8. The van der Waals surface area contributed by atoms with E-state index in [1.54, 1.807) is 11.8 Å². The van der Waals surface area contributed by atoms with Gasteiger partial charge in [-0.15, -0.1) is 0 Å². The second-order valence-electron chi connectivity index (χ2n) is 18.5. The molecule has 6 nitrogen and oxygen atoms in total. The molecule has 7 heteroatoms. The average Bonchev–Trinajstić information content (AvgIpc) is 3.07. The molecular formula is C43H74BrN3O3. The van der Waals surface area contributed by atoms with Crippen molar-refractivity contribution in [1.82, 2.24) is 5.43 Å². The fourth-order valence-electron chi connectivity index (χ4n) is 10.7. The number of fused-ring (bicyclic) bond motifs is 5. The van der Waals surface area contributed by atoms with Gasteiger partial charge in [-0.05, 0) is 135 Å². The summed E-state index contributed by atoms with van der Waals surface area (Å²) in [6, 6.07) is 0. The van der Waals surface area contributed by atoms with Crippen LogP contribution in [0.1, 0.15) is 141 Å². The van der Waals surface area contributed by atoms with Crippen LogP contribution in [-0.2, 0) is 14.2 Å². The van der Waals surface area contributed by atoms with Crippen molar-refractivity contribution in [3.05, 3.63) is 34.2 Å². The van der Waals surface area contributed by atoms with Gasteiger partial charge in [-0.3, -0.25) is 5.43 Å². The first-order valence-electron chi connectivity index (χ1n) is 20.0. The van der Waals surface area contributed by atoms with Crippen LogP contribution in [0.5, 0.6) is 0 Å². The molecule has 286 valence electrons. The Morgan fingerprint density at radius 2 is 1.84 bits per heavy atom. The molecule has 3 aliphatic carbocycles. The third kappa shape index (κ3) is 7.34. The molecule has 1 saturated heterocycles. The van der Waals surface area contributed by atoms with E-state index in [9.17, 15) is 0 Å². The minimum atomic E-state index is -0.324. The Morgan fingerprint density at radius 3 is 2.44 bits per heavy atom. The Balaban J connectivity index is 0.000000490. The lowest BCUT2D eigenvalue weighted by Crippen LogP contribution is -2.64. The van der Waals surface area contributed by atoms with E-state index in [-0.39, 0.29) is 38.9 Å². The smallest absolute Gasteiger partial charge is 0.112 e. The first kappa shape index (κ1) is 41.6. The molecule has 5 aliphatic rings. The molecule has 0 aromatic rings. The molecule has 50 heavy (non-hydrogen) atoms. The highest BCUT2D eigenvalue weighted by atomic mass is 79.9. The van der Waals surface area contributed by atoms with Gasteiger partial charge in [0.1, 0.15) is 5.60 Å². The number of nitrogens with one attached hydrogen (secondary N) is 1. The van der Waals surface area contributed by atoms with Crippen LogP contribution >= 0.6 is 15.9 Å². The van der Waals surface area contributed by atoms with Crippen LogP contribution in [0.15, 0.2) is 39.3 Å². The van der Waals surface area contributed by atoms with Crippen LogP contribution in [0.2, 0.25) is 0 Å². The molecule has 2 saturated carbocycles. The lowest BCUT2D eigenvalue weighted by Gasteiger charge is -2.68. The van der Waals surface area contributed by atoms with Gasteiger partial charge in [-0.1, -0.05) is 80.9 Å². The van der Waals surface area contributed by atoms with Crippen molar-refractivity contribution in [1.29, 1.82) is 0 Å². The minimum absolute atomic E-state index is 0.0133. The molecule has 2 aliphatic heterocycles. The highest BCUT2D eigenvalue weighted by Gasteiger charge is 2.67. The predicted octanol–water partition coefficient (Wildman–Crippen LogP) is 10.9. The quantitative estimate of drug-likeness (QED) is 0.0949. The maximum atomic E-state index is 6.75. The van der Waals surface area contributed by atoms with E-state index in [2.05, 4.69) is 128 Å². The van der Waals surface area contributed by atoms with Crippen LogP contribution < -0.4 is 11.2 Å². The SMILES string of the molecule is C/C=N\N/C(Br)=C(\C)CC.CCC(OC[C@](C)(N)C(C)C)[C@@]1(C)COCC2(C)C3=CC[C@]45C=CO[C@]([C@H](C)C(C)C)(CCC4(C)C3CCC21)C5. The molecule has 5 rings (SSSR count). The van der Waals surface area contributed by atoms with Gasteiger partial charge >= 0.3 is 0 Å². The van der Waals surface area contributed by atoms with Gasteiger partial charge in [0.2, 0.25) is 0 Å². The highest BCUT2D eigenvalue weighted by Crippen LogP contribution is 2.72. The number of halogens is 1. The van der Waals surface area contributed by atoms with Crippen molar-refractivity contribution in [2.24, 2.45) is 62.1 Å². The van der Waals surface area contributed by atoms with Gasteiger partial charge in [0.05, 0.1) is 36.8 Å². The van der Waals surface area contributed by atoms with E-state index < -0.39 is 0 Å². The Bertz CT molecular complexity index is 1310. The number of allylic oxidation sites excluding steroid dienone is 3. The maximum absolute atomic E-state index is 6.75. The zero-order valence-electron chi connectivity index (χ0n) is 34.2. The van der Waals surface area contributed by atoms with Crippen LogP contribution in [-0.4, -0.2) is 43.3 Å². The normalized spacial score (nSPS) is 39.1. The van der Waals surface area contributed by atoms with E-state index in [1.165, 1.54) is 37.7 Å². The Hall–Kier alpha value is -1.15. The van der Waals surface area contributed by atoms with Crippen molar-refractivity contribution < 1.29 is 14.2 Å². The van der Waals surface area contributed by atoms with Crippen molar-refractivity contribution in [3.8, 4) is 0 Å². The molecule has 10 atom stereocenters. The second-order valence-corrected chi connectivity index (χ2v) is 19.3. The Morgan fingerprint density at radius 1 is 1.14 bits per heavy atom. The summed E-state index contributed by atoms with van der Waals surface area (Å²) in [6.07, 6.45) is 18.4. The minimum Gasteiger partial charge on any atom is -0.495 e. The molecule has 5 unspecified atom stereocenters. The predicted molar refractivity (Wildman–Crippen MR) is 214 cm³/mol. The number of nitrogens with two attached hydrogens (primary N) is 1. The van der Waals surface area contributed by atoms with Crippen molar-refractivity contribution in [2.45, 2.75) is 159 Å². The van der Waals surface area contributed by atoms with Gasteiger partial charge in [0.25, 0.3) is 0 Å².